The van der Waals surface area contributed by atoms with E-state index in [9.17, 15) is 4.39 Å². The van der Waals surface area contributed by atoms with Crippen LogP contribution in [0.2, 0.25) is 0 Å². The van der Waals surface area contributed by atoms with Crippen molar-refractivity contribution in [1.82, 2.24) is 4.98 Å². The Kier molecular flexibility index (Phi) is 7.06. The molecule has 1 heterocycles. The maximum Gasteiger partial charge on any atom is 0.0971 e. The lowest BCUT2D eigenvalue weighted by Gasteiger charge is -2.04. The molecule has 0 unspecified atom stereocenters. The second-order valence-corrected chi connectivity index (χ2v) is 3.63. The van der Waals surface area contributed by atoms with E-state index in [1.165, 1.54) is 13.0 Å². The Morgan fingerprint density at radius 1 is 1.41 bits per heavy atom. The van der Waals surface area contributed by atoms with E-state index in [1.807, 2.05) is 19.1 Å². The fourth-order valence-electron chi connectivity index (χ4n) is 1.45. The number of hydrogen-bond acceptors (Lipinski definition) is 2. The molecule has 0 atom stereocenters. The summed E-state index contributed by atoms with van der Waals surface area (Å²) in [6.07, 6.45) is 7.35. The van der Waals surface area contributed by atoms with E-state index < -0.39 is 0 Å². The minimum absolute atomic E-state index is 0. The third-order valence-electron chi connectivity index (χ3n) is 2.20. The van der Waals surface area contributed by atoms with Gasteiger partial charge in [0.05, 0.1) is 12.4 Å². The van der Waals surface area contributed by atoms with Crippen LogP contribution in [0.4, 0.5) is 4.39 Å². The summed E-state index contributed by atoms with van der Waals surface area (Å²) in [4.78, 5) is 4.02. The molecule has 0 saturated carbocycles. The number of allylic oxidation sites excluding steroid dienone is 4. The smallest absolute Gasteiger partial charge is 0.0971 e. The van der Waals surface area contributed by atoms with E-state index >= 15 is 0 Å². The molecule has 1 N–H and O–H groups in total. The molecule has 0 aliphatic carbocycles. The Hall–Kier alpha value is -1.48. The first-order chi connectivity index (χ1) is 7.65. The van der Waals surface area contributed by atoms with Crippen LogP contribution < -0.4 is 0 Å². The lowest BCUT2D eigenvalue weighted by Crippen LogP contribution is -1.93. The highest BCUT2D eigenvalue weighted by Crippen LogP contribution is 2.12. The lowest BCUT2D eigenvalue weighted by atomic mass is 10.0. The molecule has 0 fully saturated rings. The standard InChI is InChI=1S/C13H16FNO.CH4/c1-3-11(4-10(2)14)5-12-6-13(9-16)8-15-7-12;/h3-4,6-8,16H,5,9H2,1-2H3;1H4/b10-4+,11-3+;. The molecule has 1 rings (SSSR count). The van der Waals surface area contributed by atoms with Crippen LogP contribution in [-0.2, 0) is 13.0 Å². The molecule has 94 valence electrons. The number of aliphatic hydroxyl groups is 1. The lowest BCUT2D eigenvalue weighted by molar-refractivity contribution is 0.281. The Morgan fingerprint density at radius 3 is 2.59 bits per heavy atom. The third kappa shape index (κ3) is 5.41. The van der Waals surface area contributed by atoms with Crippen LogP contribution in [0, 0.1) is 0 Å². The zero-order valence-electron chi connectivity index (χ0n) is 9.57. The van der Waals surface area contributed by atoms with E-state index in [1.54, 1.807) is 12.4 Å². The number of hydrogen-bond donors (Lipinski definition) is 1. The third-order valence-corrected chi connectivity index (χ3v) is 2.20. The number of halogens is 1. The molecule has 1 aromatic rings. The fraction of sp³-hybridized carbons (Fsp3) is 0.357. The summed E-state index contributed by atoms with van der Waals surface area (Å²) < 4.78 is 12.8. The van der Waals surface area contributed by atoms with Crippen molar-refractivity contribution < 1.29 is 9.50 Å². The van der Waals surface area contributed by atoms with E-state index in [4.69, 9.17) is 5.11 Å². The van der Waals surface area contributed by atoms with Crippen molar-refractivity contribution in [2.75, 3.05) is 0 Å². The molecule has 0 radical (unpaired) electrons. The first-order valence-electron chi connectivity index (χ1n) is 5.18. The average Bonchev–Trinajstić information content (AvgIpc) is 2.28. The molecule has 0 amide bonds. The first-order valence-corrected chi connectivity index (χ1v) is 5.18. The van der Waals surface area contributed by atoms with Crippen molar-refractivity contribution >= 4 is 0 Å². The topological polar surface area (TPSA) is 33.1 Å². The molecule has 0 aliphatic heterocycles. The summed E-state index contributed by atoms with van der Waals surface area (Å²) in [6, 6.07) is 1.87. The van der Waals surface area contributed by atoms with Gasteiger partial charge in [-0.1, -0.05) is 19.6 Å². The van der Waals surface area contributed by atoms with Gasteiger partial charge in [-0.15, -0.1) is 0 Å². The summed E-state index contributed by atoms with van der Waals surface area (Å²) in [5.74, 6) is -0.209. The summed E-state index contributed by atoms with van der Waals surface area (Å²) in [6.45, 7) is 3.27. The Bertz CT molecular complexity index is 406. The maximum atomic E-state index is 12.8. The van der Waals surface area contributed by atoms with E-state index in [2.05, 4.69) is 4.98 Å². The number of rotatable bonds is 4. The van der Waals surface area contributed by atoms with Crippen LogP contribution in [0.1, 0.15) is 32.4 Å². The zero-order chi connectivity index (χ0) is 12.0. The molecule has 0 aliphatic rings. The van der Waals surface area contributed by atoms with Crippen LogP contribution in [0.5, 0.6) is 0 Å². The predicted octanol–water partition coefficient (Wildman–Crippen LogP) is 3.57. The average molecular weight is 237 g/mol. The number of nitrogens with zero attached hydrogens (tertiary/aromatic N) is 1. The highest BCUT2D eigenvalue weighted by atomic mass is 19.1. The zero-order valence-corrected chi connectivity index (χ0v) is 9.57. The summed E-state index contributed by atoms with van der Waals surface area (Å²) in [7, 11) is 0. The number of aromatic nitrogens is 1. The molecule has 0 saturated heterocycles. The highest BCUT2D eigenvalue weighted by Gasteiger charge is 1.99. The van der Waals surface area contributed by atoms with Crippen LogP contribution >= 0.6 is 0 Å². The number of aliphatic hydroxyl groups excluding tert-OH is 1. The van der Waals surface area contributed by atoms with Gasteiger partial charge in [0.25, 0.3) is 0 Å². The van der Waals surface area contributed by atoms with E-state index in [0.29, 0.717) is 6.42 Å². The van der Waals surface area contributed by atoms with Gasteiger partial charge in [0.2, 0.25) is 0 Å². The monoisotopic (exact) mass is 237 g/mol. The van der Waals surface area contributed by atoms with Gasteiger partial charge in [0.15, 0.2) is 0 Å². The quantitative estimate of drug-likeness (QED) is 0.812. The van der Waals surface area contributed by atoms with Gasteiger partial charge in [-0.05, 0) is 43.0 Å². The highest BCUT2D eigenvalue weighted by molar-refractivity contribution is 5.29. The molecule has 3 heteroatoms. The van der Waals surface area contributed by atoms with E-state index in [0.717, 1.165) is 16.7 Å². The minimum Gasteiger partial charge on any atom is -0.392 e. The Morgan fingerprint density at radius 2 is 2.06 bits per heavy atom. The van der Waals surface area contributed by atoms with Gasteiger partial charge < -0.3 is 5.11 Å². The van der Waals surface area contributed by atoms with Crippen molar-refractivity contribution in [1.29, 1.82) is 0 Å². The minimum atomic E-state index is -0.209. The molecule has 17 heavy (non-hydrogen) atoms. The molecular weight excluding hydrogens is 217 g/mol. The Labute approximate surface area is 103 Å². The van der Waals surface area contributed by atoms with Gasteiger partial charge in [-0.3, -0.25) is 4.98 Å². The van der Waals surface area contributed by atoms with Gasteiger partial charge >= 0.3 is 0 Å². The fourth-order valence-corrected chi connectivity index (χ4v) is 1.45. The van der Waals surface area contributed by atoms with Gasteiger partial charge in [-0.2, -0.15) is 0 Å². The first kappa shape index (κ1) is 15.5. The van der Waals surface area contributed by atoms with Crippen molar-refractivity contribution in [3.05, 3.63) is 53.1 Å². The van der Waals surface area contributed by atoms with Crippen molar-refractivity contribution in [2.24, 2.45) is 0 Å². The van der Waals surface area contributed by atoms with Crippen LogP contribution in [-0.4, -0.2) is 10.1 Å². The van der Waals surface area contributed by atoms with Crippen LogP contribution in [0.3, 0.4) is 0 Å². The molecule has 0 aromatic carbocycles. The van der Waals surface area contributed by atoms with Crippen LogP contribution in [0.15, 0.2) is 42.0 Å². The summed E-state index contributed by atoms with van der Waals surface area (Å²) in [5.41, 5.74) is 2.64. The SMILES string of the molecule is C.C/C=C(\C=C(/C)F)Cc1cncc(CO)c1. The largest absolute Gasteiger partial charge is 0.392 e. The molecule has 0 bridgehead atoms. The summed E-state index contributed by atoms with van der Waals surface area (Å²) in [5, 5.41) is 8.97. The second-order valence-electron chi connectivity index (χ2n) is 3.63. The van der Waals surface area contributed by atoms with Gasteiger partial charge in [-0.25, -0.2) is 4.39 Å². The second kappa shape index (κ2) is 7.74. The molecule has 0 spiro atoms. The van der Waals surface area contributed by atoms with E-state index in [-0.39, 0.29) is 19.9 Å². The van der Waals surface area contributed by atoms with Crippen molar-refractivity contribution in [2.45, 2.75) is 34.3 Å². The summed E-state index contributed by atoms with van der Waals surface area (Å²) >= 11 is 0. The normalized spacial score (nSPS) is 12.2. The maximum absolute atomic E-state index is 12.8. The van der Waals surface area contributed by atoms with Crippen LogP contribution in [0.25, 0.3) is 0 Å². The molecule has 1 aromatic heterocycles. The number of pyridine rings is 1. The molecule has 2 nitrogen and oxygen atoms in total. The molecular formula is C14H20FNO. The predicted molar refractivity (Wildman–Crippen MR) is 69.2 cm³/mol. The van der Waals surface area contributed by atoms with Crippen molar-refractivity contribution in [3.8, 4) is 0 Å². The van der Waals surface area contributed by atoms with Gasteiger partial charge in [0.1, 0.15) is 0 Å². The van der Waals surface area contributed by atoms with Gasteiger partial charge in [0, 0.05) is 12.4 Å². The Balaban J connectivity index is 0.00000256. The van der Waals surface area contributed by atoms with Crippen molar-refractivity contribution in [3.63, 3.8) is 0 Å².